The van der Waals surface area contributed by atoms with Crippen LogP contribution in [0.15, 0.2) is 24.3 Å². The van der Waals surface area contributed by atoms with E-state index in [-0.39, 0.29) is 12.5 Å². The van der Waals surface area contributed by atoms with Crippen LogP contribution in [-0.2, 0) is 16.0 Å². The van der Waals surface area contributed by atoms with Crippen LogP contribution < -0.4 is 5.32 Å². The fourth-order valence-corrected chi connectivity index (χ4v) is 3.01. The fourth-order valence-electron chi connectivity index (χ4n) is 3.01. The largest absolute Gasteiger partial charge is 0.481 e. The van der Waals surface area contributed by atoms with E-state index in [2.05, 4.69) is 5.32 Å². The molecule has 4 heteroatoms. The van der Waals surface area contributed by atoms with Crippen molar-refractivity contribution in [2.75, 3.05) is 6.54 Å². The number of carboxylic acid groups (broad SMARTS) is 1. The van der Waals surface area contributed by atoms with Gasteiger partial charge in [0.05, 0.1) is 11.8 Å². The molecule has 0 saturated heterocycles. The summed E-state index contributed by atoms with van der Waals surface area (Å²) in [5, 5.41) is 12.3. The van der Waals surface area contributed by atoms with Crippen molar-refractivity contribution in [3.05, 3.63) is 35.4 Å². The van der Waals surface area contributed by atoms with Crippen molar-refractivity contribution in [3.8, 4) is 0 Å². The highest BCUT2D eigenvalue weighted by atomic mass is 16.4. The lowest BCUT2D eigenvalue weighted by Gasteiger charge is -2.33. The van der Waals surface area contributed by atoms with Crippen LogP contribution in [-0.4, -0.2) is 23.5 Å². The van der Waals surface area contributed by atoms with E-state index in [4.69, 9.17) is 0 Å². The monoisotopic (exact) mass is 289 g/mol. The fraction of sp³-hybridized carbons (Fsp3) is 0.529. The summed E-state index contributed by atoms with van der Waals surface area (Å²) in [5.74, 6) is -0.881. The quantitative estimate of drug-likeness (QED) is 0.876. The normalized spacial score (nSPS) is 17.2. The molecule has 0 aromatic heterocycles. The molecule has 0 bridgehead atoms. The van der Waals surface area contributed by atoms with Gasteiger partial charge in [0.1, 0.15) is 0 Å². The number of carbonyl (C=O) groups excluding carboxylic acids is 1. The van der Waals surface area contributed by atoms with Crippen LogP contribution >= 0.6 is 0 Å². The molecule has 0 aliphatic heterocycles. The third kappa shape index (κ3) is 3.84. The van der Waals surface area contributed by atoms with Crippen LogP contribution in [0.2, 0.25) is 0 Å². The van der Waals surface area contributed by atoms with Gasteiger partial charge in [-0.1, -0.05) is 43.5 Å². The second kappa shape index (κ2) is 6.74. The summed E-state index contributed by atoms with van der Waals surface area (Å²) in [6.07, 6.45) is 4.58. The van der Waals surface area contributed by atoms with Crippen molar-refractivity contribution >= 4 is 11.9 Å². The molecule has 1 aliphatic rings. The van der Waals surface area contributed by atoms with Crippen molar-refractivity contribution < 1.29 is 14.7 Å². The molecule has 1 aromatic rings. The van der Waals surface area contributed by atoms with Crippen molar-refractivity contribution in [1.82, 2.24) is 5.32 Å². The summed E-state index contributed by atoms with van der Waals surface area (Å²) < 4.78 is 0. The molecule has 0 atom stereocenters. The van der Waals surface area contributed by atoms with E-state index in [0.29, 0.717) is 19.3 Å². The SMILES string of the molecule is Cc1ccccc1CC(=O)NCC1(C(=O)O)CCCCC1. The van der Waals surface area contributed by atoms with Crippen molar-refractivity contribution in [2.45, 2.75) is 45.4 Å². The number of hydrogen-bond donors (Lipinski definition) is 2. The van der Waals surface area contributed by atoms with Gasteiger partial charge in [-0.2, -0.15) is 0 Å². The number of nitrogens with one attached hydrogen (secondary N) is 1. The number of amides is 1. The molecular formula is C17H23NO3. The number of rotatable bonds is 5. The van der Waals surface area contributed by atoms with Gasteiger partial charge in [0.2, 0.25) is 5.91 Å². The molecule has 0 heterocycles. The maximum Gasteiger partial charge on any atom is 0.311 e. The Hall–Kier alpha value is -1.84. The first-order valence-corrected chi connectivity index (χ1v) is 7.58. The van der Waals surface area contributed by atoms with E-state index in [1.54, 1.807) is 0 Å². The van der Waals surface area contributed by atoms with Gasteiger partial charge < -0.3 is 10.4 Å². The standard InChI is InChI=1S/C17H23NO3/c1-13-7-3-4-8-14(13)11-15(19)18-12-17(16(20)21)9-5-2-6-10-17/h3-4,7-8H,2,5-6,9-12H2,1H3,(H,18,19)(H,20,21). The van der Waals surface area contributed by atoms with Gasteiger partial charge in [-0.25, -0.2) is 0 Å². The van der Waals surface area contributed by atoms with Gasteiger partial charge in [0.15, 0.2) is 0 Å². The number of carbonyl (C=O) groups is 2. The van der Waals surface area contributed by atoms with Gasteiger partial charge in [0, 0.05) is 6.54 Å². The van der Waals surface area contributed by atoms with Crippen molar-refractivity contribution in [2.24, 2.45) is 5.41 Å². The maximum atomic E-state index is 12.1. The van der Waals surface area contributed by atoms with Gasteiger partial charge in [-0.3, -0.25) is 9.59 Å². The highest BCUT2D eigenvalue weighted by molar-refractivity contribution is 5.81. The molecule has 2 rings (SSSR count). The minimum Gasteiger partial charge on any atom is -0.481 e. The Morgan fingerprint density at radius 2 is 1.86 bits per heavy atom. The first-order chi connectivity index (χ1) is 10.0. The summed E-state index contributed by atoms with van der Waals surface area (Å²) in [6, 6.07) is 7.76. The Morgan fingerprint density at radius 1 is 1.19 bits per heavy atom. The highest BCUT2D eigenvalue weighted by Crippen LogP contribution is 2.36. The zero-order chi connectivity index (χ0) is 15.3. The van der Waals surface area contributed by atoms with Gasteiger partial charge in [0.25, 0.3) is 0 Å². The second-order valence-electron chi connectivity index (χ2n) is 6.03. The Kier molecular flexibility index (Phi) is 4.99. The molecule has 1 aliphatic carbocycles. The summed E-state index contributed by atoms with van der Waals surface area (Å²) in [7, 11) is 0. The van der Waals surface area contributed by atoms with E-state index in [0.717, 1.165) is 30.4 Å². The topological polar surface area (TPSA) is 66.4 Å². The smallest absolute Gasteiger partial charge is 0.311 e. The number of aryl methyl sites for hydroxylation is 1. The van der Waals surface area contributed by atoms with E-state index < -0.39 is 11.4 Å². The van der Waals surface area contributed by atoms with Gasteiger partial charge >= 0.3 is 5.97 Å². The molecule has 0 unspecified atom stereocenters. The number of carboxylic acids is 1. The average molecular weight is 289 g/mol. The molecule has 0 spiro atoms. The molecule has 2 N–H and O–H groups in total. The Labute approximate surface area is 125 Å². The van der Waals surface area contributed by atoms with Crippen LogP contribution in [0.1, 0.15) is 43.2 Å². The van der Waals surface area contributed by atoms with E-state index in [1.165, 1.54) is 0 Å². The Morgan fingerprint density at radius 3 is 2.48 bits per heavy atom. The minimum absolute atomic E-state index is 0.101. The van der Waals surface area contributed by atoms with E-state index in [9.17, 15) is 14.7 Å². The van der Waals surface area contributed by atoms with Gasteiger partial charge in [-0.05, 0) is 30.9 Å². The highest BCUT2D eigenvalue weighted by Gasteiger charge is 2.39. The number of aliphatic carboxylic acids is 1. The van der Waals surface area contributed by atoms with Crippen molar-refractivity contribution in [1.29, 1.82) is 0 Å². The first-order valence-electron chi connectivity index (χ1n) is 7.58. The predicted molar refractivity (Wildman–Crippen MR) is 81.0 cm³/mol. The lowest BCUT2D eigenvalue weighted by atomic mass is 9.74. The van der Waals surface area contributed by atoms with E-state index in [1.807, 2.05) is 31.2 Å². The Bertz CT molecular complexity index is 519. The zero-order valence-electron chi connectivity index (χ0n) is 12.5. The average Bonchev–Trinajstić information content (AvgIpc) is 2.48. The molecule has 1 aromatic carbocycles. The number of benzene rings is 1. The molecule has 1 fully saturated rings. The van der Waals surface area contributed by atoms with Crippen LogP contribution in [0.25, 0.3) is 0 Å². The lowest BCUT2D eigenvalue weighted by molar-refractivity contribution is -0.151. The molecule has 1 saturated carbocycles. The molecule has 21 heavy (non-hydrogen) atoms. The molecular weight excluding hydrogens is 266 g/mol. The molecule has 4 nitrogen and oxygen atoms in total. The first kappa shape index (κ1) is 15.5. The lowest BCUT2D eigenvalue weighted by Crippen LogP contribution is -2.44. The van der Waals surface area contributed by atoms with Crippen LogP contribution in [0.5, 0.6) is 0 Å². The van der Waals surface area contributed by atoms with Gasteiger partial charge in [-0.15, -0.1) is 0 Å². The summed E-state index contributed by atoms with van der Waals surface area (Å²) >= 11 is 0. The molecule has 1 amide bonds. The predicted octanol–water partition coefficient (Wildman–Crippen LogP) is 2.69. The van der Waals surface area contributed by atoms with Crippen molar-refractivity contribution in [3.63, 3.8) is 0 Å². The van der Waals surface area contributed by atoms with Crippen LogP contribution in [0, 0.1) is 12.3 Å². The third-order valence-corrected chi connectivity index (χ3v) is 4.50. The zero-order valence-corrected chi connectivity index (χ0v) is 12.5. The van der Waals surface area contributed by atoms with Crippen LogP contribution in [0.3, 0.4) is 0 Å². The van der Waals surface area contributed by atoms with E-state index >= 15 is 0 Å². The number of hydrogen-bond acceptors (Lipinski definition) is 2. The molecule has 0 radical (unpaired) electrons. The summed E-state index contributed by atoms with van der Waals surface area (Å²) in [4.78, 5) is 23.6. The minimum atomic E-state index is -0.779. The van der Waals surface area contributed by atoms with Crippen LogP contribution in [0.4, 0.5) is 0 Å². The second-order valence-corrected chi connectivity index (χ2v) is 6.03. The maximum absolute atomic E-state index is 12.1. The molecule has 114 valence electrons. The third-order valence-electron chi connectivity index (χ3n) is 4.50. The summed E-state index contributed by atoms with van der Waals surface area (Å²) in [5.41, 5.74) is 1.31. The Balaban J connectivity index is 1.93. The summed E-state index contributed by atoms with van der Waals surface area (Å²) in [6.45, 7) is 2.22.